The number of hydrogen-bond acceptors (Lipinski definition) is 3. The number of aromatic carboxylic acids is 1. The van der Waals surface area contributed by atoms with E-state index in [-0.39, 0.29) is 16.3 Å². The van der Waals surface area contributed by atoms with Crippen LogP contribution in [0.2, 0.25) is 5.02 Å². The highest BCUT2D eigenvalue weighted by Gasteiger charge is 2.16. The summed E-state index contributed by atoms with van der Waals surface area (Å²) in [5.41, 5.74) is -0.0556. The Labute approximate surface area is 115 Å². The van der Waals surface area contributed by atoms with Crippen LogP contribution in [0.4, 0.5) is 0 Å². The quantitative estimate of drug-likeness (QED) is 0.923. The molecule has 0 aromatic heterocycles. The van der Waals surface area contributed by atoms with Crippen LogP contribution in [0.25, 0.3) is 0 Å². The van der Waals surface area contributed by atoms with Crippen molar-refractivity contribution in [2.24, 2.45) is 0 Å². The van der Waals surface area contributed by atoms with Gasteiger partial charge in [0.1, 0.15) is 22.8 Å². The van der Waals surface area contributed by atoms with Gasteiger partial charge in [-0.05, 0) is 36.4 Å². The van der Waals surface area contributed by atoms with E-state index in [0.29, 0.717) is 11.5 Å². The van der Waals surface area contributed by atoms with Gasteiger partial charge in [0.2, 0.25) is 0 Å². The molecule has 2 rings (SSSR count). The van der Waals surface area contributed by atoms with Crippen LogP contribution in [-0.4, -0.2) is 18.2 Å². The van der Waals surface area contributed by atoms with Crippen LogP contribution in [0.15, 0.2) is 42.5 Å². The molecule has 0 atom stereocenters. The van der Waals surface area contributed by atoms with Gasteiger partial charge < -0.3 is 14.6 Å². The largest absolute Gasteiger partial charge is 0.497 e. The summed E-state index contributed by atoms with van der Waals surface area (Å²) in [4.78, 5) is 11.1. The number of carboxylic acid groups (broad SMARTS) is 1. The number of hydrogen-bond donors (Lipinski definition) is 1. The lowest BCUT2D eigenvalue weighted by Crippen LogP contribution is -2.01. The van der Waals surface area contributed by atoms with Crippen molar-refractivity contribution in [3.8, 4) is 17.2 Å². The third kappa shape index (κ3) is 2.98. The highest BCUT2D eigenvalue weighted by atomic mass is 35.5. The molecule has 0 saturated heterocycles. The fraction of sp³-hybridized carbons (Fsp3) is 0.0714. The molecule has 4 nitrogen and oxygen atoms in total. The molecular weight excluding hydrogens is 268 g/mol. The zero-order valence-corrected chi connectivity index (χ0v) is 10.8. The van der Waals surface area contributed by atoms with Gasteiger partial charge in [-0.1, -0.05) is 17.7 Å². The highest BCUT2D eigenvalue weighted by molar-refractivity contribution is 6.33. The van der Waals surface area contributed by atoms with E-state index in [4.69, 9.17) is 26.2 Å². The number of carbonyl (C=O) groups is 1. The molecular formula is C14H11ClO4. The molecule has 0 heterocycles. The average Bonchev–Trinajstić information content (AvgIpc) is 2.39. The first-order valence-electron chi connectivity index (χ1n) is 5.45. The van der Waals surface area contributed by atoms with E-state index in [1.807, 2.05) is 0 Å². The van der Waals surface area contributed by atoms with E-state index in [1.165, 1.54) is 6.07 Å². The maximum absolute atomic E-state index is 11.1. The smallest absolute Gasteiger partial charge is 0.341 e. The normalized spacial score (nSPS) is 10.0. The minimum Gasteiger partial charge on any atom is -0.497 e. The minimum atomic E-state index is -1.13. The summed E-state index contributed by atoms with van der Waals surface area (Å²) in [6, 6.07) is 11.5. The zero-order valence-electron chi connectivity index (χ0n) is 10.1. The summed E-state index contributed by atoms with van der Waals surface area (Å²) in [6.45, 7) is 0. The van der Waals surface area contributed by atoms with Gasteiger partial charge in [0.15, 0.2) is 0 Å². The van der Waals surface area contributed by atoms with Gasteiger partial charge in [-0.2, -0.15) is 0 Å². The summed E-state index contributed by atoms with van der Waals surface area (Å²) in [6.07, 6.45) is 0. The van der Waals surface area contributed by atoms with Crippen molar-refractivity contribution >= 4 is 17.6 Å². The predicted molar refractivity (Wildman–Crippen MR) is 71.5 cm³/mol. The summed E-state index contributed by atoms with van der Waals surface area (Å²) in [5.74, 6) is 0.266. The Hall–Kier alpha value is -2.20. The third-order valence-electron chi connectivity index (χ3n) is 2.48. The molecule has 0 unspecified atom stereocenters. The number of halogens is 1. The molecule has 0 radical (unpaired) electrons. The number of carboxylic acids is 1. The molecule has 19 heavy (non-hydrogen) atoms. The average molecular weight is 279 g/mol. The first-order chi connectivity index (χ1) is 9.11. The highest BCUT2D eigenvalue weighted by Crippen LogP contribution is 2.31. The van der Waals surface area contributed by atoms with E-state index >= 15 is 0 Å². The van der Waals surface area contributed by atoms with Gasteiger partial charge in [0.05, 0.1) is 12.1 Å². The minimum absolute atomic E-state index is 0.0556. The van der Waals surface area contributed by atoms with Gasteiger partial charge >= 0.3 is 5.97 Å². The second-order valence-electron chi connectivity index (χ2n) is 3.70. The molecule has 0 amide bonds. The molecule has 2 aromatic rings. The summed E-state index contributed by atoms with van der Waals surface area (Å²) < 4.78 is 10.6. The van der Waals surface area contributed by atoms with Crippen LogP contribution in [0.1, 0.15) is 10.4 Å². The fourth-order valence-electron chi connectivity index (χ4n) is 1.57. The third-order valence-corrected chi connectivity index (χ3v) is 2.79. The lowest BCUT2D eigenvalue weighted by molar-refractivity contribution is 0.0694. The molecule has 0 spiro atoms. The maximum atomic E-state index is 11.1. The van der Waals surface area contributed by atoms with Crippen LogP contribution in [-0.2, 0) is 0 Å². The molecule has 1 N–H and O–H groups in total. The van der Waals surface area contributed by atoms with Crippen molar-refractivity contribution in [1.29, 1.82) is 0 Å². The second kappa shape index (κ2) is 5.63. The van der Waals surface area contributed by atoms with Crippen molar-refractivity contribution in [3.05, 3.63) is 53.1 Å². The monoisotopic (exact) mass is 278 g/mol. The van der Waals surface area contributed by atoms with E-state index in [1.54, 1.807) is 43.5 Å². The van der Waals surface area contributed by atoms with Crippen molar-refractivity contribution in [3.63, 3.8) is 0 Å². The molecule has 0 aliphatic heterocycles. The SMILES string of the molecule is COc1ccc(Oc2cccc(Cl)c2C(=O)O)cc1. The molecule has 0 saturated carbocycles. The van der Waals surface area contributed by atoms with Crippen molar-refractivity contribution in [1.82, 2.24) is 0 Å². The van der Waals surface area contributed by atoms with Crippen LogP contribution < -0.4 is 9.47 Å². The Morgan fingerprint density at radius 3 is 2.32 bits per heavy atom. The summed E-state index contributed by atoms with van der Waals surface area (Å²) >= 11 is 5.86. The van der Waals surface area contributed by atoms with Gasteiger partial charge in [-0.3, -0.25) is 0 Å². The first kappa shape index (κ1) is 13.2. The molecule has 0 aliphatic rings. The number of ether oxygens (including phenoxy) is 2. The van der Waals surface area contributed by atoms with Gasteiger partial charge in [0, 0.05) is 0 Å². The van der Waals surface area contributed by atoms with Gasteiger partial charge in [0.25, 0.3) is 0 Å². The van der Waals surface area contributed by atoms with E-state index in [2.05, 4.69) is 0 Å². The molecule has 2 aromatic carbocycles. The first-order valence-corrected chi connectivity index (χ1v) is 5.83. The van der Waals surface area contributed by atoms with Crippen molar-refractivity contribution < 1.29 is 19.4 Å². The van der Waals surface area contributed by atoms with Crippen LogP contribution >= 0.6 is 11.6 Å². The molecule has 0 bridgehead atoms. The van der Waals surface area contributed by atoms with Crippen molar-refractivity contribution in [2.45, 2.75) is 0 Å². The number of benzene rings is 2. The Morgan fingerprint density at radius 1 is 1.11 bits per heavy atom. The summed E-state index contributed by atoms with van der Waals surface area (Å²) in [7, 11) is 1.56. The number of rotatable bonds is 4. The lowest BCUT2D eigenvalue weighted by Gasteiger charge is -2.10. The Morgan fingerprint density at radius 2 is 1.74 bits per heavy atom. The maximum Gasteiger partial charge on any atom is 0.341 e. The second-order valence-corrected chi connectivity index (χ2v) is 4.10. The zero-order chi connectivity index (χ0) is 13.8. The summed E-state index contributed by atoms with van der Waals surface area (Å²) in [5, 5.41) is 9.26. The van der Waals surface area contributed by atoms with Gasteiger partial charge in [-0.25, -0.2) is 4.79 Å². The molecule has 5 heteroatoms. The topological polar surface area (TPSA) is 55.8 Å². The Bertz CT molecular complexity index is 593. The Kier molecular flexibility index (Phi) is 3.92. The molecule has 0 fully saturated rings. The Balaban J connectivity index is 2.32. The van der Waals surface area contributed by atoms with Gasteiger partial charge in [-0.15, -0.1) is 0 Å². The fourth-order valence-corrected chi connectivity index (χ4v) is 1.81. The van der Waals surface area contributed by atoms with E-state index < -0.39 is 5.97 Å². The van der Waals surface area contributed by atoms with Crippen molar-refractivity contribution in [2.75, 3.05) is 7.11 Å². The number of methoxy groups -OCH3 is 1. The van der Waals surface area contributed by atoms with E-state index in [9.17, 15) is 4.79 Å². The molecule has 98 valence electrons. The standard InChI is InChI=1S/C14H11ClO4/c1-18-9-5-7-10(8-6-9)19-12-4-2-3-11(15)13(12)14(16)17/h2-8H,1H3,(H,16,17). The lowest BCUT2D eigenvalue weighted by atomic mass is 10.2. The van der Waals surface area contributed by atoms with Crippen LogP contribution in [0.5, 0.6) is 17.2 Å². The van der Waals surface area contributed by atoms with E-state index in [0.717, 1.165) is 0 Å². The predicted octanol–water partition coefficient (Wildman–Crippen LogP) is 3.84. The molecule has 0 aliphatic carbocycles. The van der Waals surface area contributed by atoms with Crippen LogP contribution in [0, 0.1) is 0 Å². The van der Waals surface area contributed by atoms with Crippen LogP contribution in [0.3, 0.4) is 0 Å².